The Kier molecular flexibility index (Phi) is 4.34. The second-order valence-electron chi connectivity index (χ2n) is 4.26. The molecule has 0 aromatic heterocycles. The van der Waals surface area contributed by atoms with E-state index in [2.05, 4.69) is 4.72 Å². The molecule has 6 heteroatoms. The molecule has 0 aliphatic heterocycles. The highest BCUT2D eigenvalue weighted by Gasteiger charge is 2.14. The molecule has 0 aliphatic carbocycles. The Morgan fingerprint density at radius 2 is 2.06 bits per heavy atom. The van der Waals surface area contributed by atoms with E-state index in [1.165, 1.54) is 0 Å². The first kappa shape index (κ1) is 13.8. The van der Waals surface area contributed by atoms with Crippen molar-refractivity contribution in [2.24, 2.45) is 5.92 Å². The van der Waals surface area contributed by atoms with Crippen LogP contribution in [0.25, 0.3) is 0 Å². The van der Waals surface area contributed by atoms with E-state index < -0.39 is 15.8 Å². The van der Waals surface area contributed by atoms with Crippen LogP contribution in [0.1, 0.15) is 20.3 Å². The van der Waals surface area contributed by atoms with Gasteiger partial charge in [-0.05, 0) is 24.5 Å². The standard InChI is InChI=1S/C11H16FNO3S/c1-8(2)5-6-17(15,16)13-10-7-9(12)3-4-11(10)14/h3-4,7-8,13-14H,5-6H2,1-2H3. The average Bonchev–Trinajstić information content (AvgIpc) is 2.20. The van der Waals surface area contributed by atoms with Crippen LogP contribution < -0.4 is 4.72 Å². The maximum absolute atomic E-state index is 12.9. The second-order valence-corrected chi connectivity index (χ2v) is 6.11. The minimum atomic E-state index is -3.55. The van der Waals surface area contributed by atoms with Crippen LogP contribution in [0.5, 0.6) is 5.75 Å². The van der Waals surface area contributed by atoms with Crippen LogP contribution in [-0.4, -0.2) is 19.3 Å². The van der Waals surface area contributed by atoms with Crippen molar-refractivity contribution >= 4 is 15.7 Å². The summed E-state index contributed by atoms with van der Waals surface area (Å²) in [6.07, 6.45) is 0.505. The number of hydrogen-bond donors (Lipinski definition) is 2. The highest BCUT2D eigenvalue weighted by atomic mass is 32.2. The van der Waals surface area contributed by atoms with E-state index in [9.17, 15) is 17.9 Å². The predicted molar refractivity (Wildman–Crippen MR) is 64.9 cm³/mol. The van der Waals surface area contributed by atoms with Crippen molar-refractivity contribution in [2.75, 3.05) is 10.5 Å². The molecule has 0 atom stereocenters. The number of phenolic OH excluding ortho intramolecular Hbond substituents is 1. The summed E-state index contributed by atoms with van der Waals surface area (Å²) in [7, 11) is -3.55. The van der Waals surface area contributed by atoms with Crippen molar-refractivity contribution in [1.82, 2.24) is 0 Å². The monoisotopic (exact) mass is 261 g/mol. The Hall–Kier alpha value is -1.30. The van der Waals surface area contributed by atoms with Crippen molar-refractivity contribution in [1.29, 1.82) is 0 Å². The fraction of sp³-hybridized carbons (Fsp3) is 0.455. The first-order valence-corrected chi connectivity index (χ1v) is 6.94. The van der Waals surface area contributed by atoms with Gasteiger partial charge in [0.15, 0.2) is 0 Å². The molecule has 96 valence electrons. The van der Waals surface area contributed by atoms with Gasteiger partial charge in [0, 0.05) is 6.07 Å². The molecule has 1 aromatic carbocycles. The molecule has 0 heterocycles. The molecule has 0 spiro atoms. The predicted octanol–water partition coefficient (Wildman–Crippen LogP) is 2.32. The van der Waals surface area contributed by atoms with Gasteiger partial charge >= 0.3 is 0 Å². The topological polar surface area (TPSA) is 66.4 Å². The van der Waals surface area contributed by atoms with Gasteiger partial charge in [-0.1, -0.05) is 13.8 Å². The molecule has 0 aliphatic rings. The van der Waals surface area contributed by atoms with Crippen molar-refractivity contribution in [3.63, 3.8) is 0 Å². The number of hydrogen-bond acceptors (Lipinski definition) is 3. The zero-order valence-corrected chi connectivity index (χ0v) is 10.6. The quantitative estimate of drug-likeness (QED) is 0.799. The minimum absolute atomic E-state index is 0.0549. The Bertz CT molecular complexity index is 485. The number of rotatable bonds is 5. The van der Waals surface area contributed by atoms with Gasteiger partial charge in [0.25, 0.3) is 0 Å². The molecule has 4 nitrogen and oxygen atoms in total. The van der Waals surface area contributed by atoms with Crippen LogP contribution in [0.2, 0.25) is 0 Å². The zero-order valence-electron chi connectivity index (χ0n) is 9.77. The van der Waals surface area contributed by atoms with Gasteiger partial charge in [-0.2, -0.15) is 0 Å². The Morgan fingerprint density at radius 1 is 1.41 bits per heavy atom. The molecular weight excluding hydrogens is 245 g/mol. The van der Waals surface area contributed by atoms with E-state index in [1.54, 1.807) is 0 Å². The van der Waals surface area contributed by atoms with E-state index in [-0.39, 0.29) is 23.1 Å². The zero-order chi connectivity index (χ0) is 13.1. The van der Waals surface area contributed by atoms with Crippen LogP contribution in [0.3, 0.4) is 0 Å². The lowest BCUT2D eigenvalue weighted by Crippen LogP contribution is -2.18. The smallest absolute Gasteiger partial charge is 0.232 e. The largest absolute Gasteiger partial charge is 0.506 e. The lowest BCUT2D eigenvalue weighted by molar-refractivity contribution is 0.475. The molecular formula is C11H16FNO3S. The Morgan fingerprint density at radius 3 is 2.65 bits per heavy atom. The van der Waals surface area contributed by atoms with Crippen LogP contribution in [0.4, 0.5) is 10.1 Å². The highest BCUT2D eigenvalue weighted by molar-refractivity contribution is 7.92. The summed E-state index contributed by atoms with van der Waals surface area (Å²) in [6, 6.07) is 3.11. The maximum Gasteiger partial charge on any atom is 0.232 e. The lowest BCUT2D eigenvalue weighted by atomic mass is 10.2. The van der Waals surface area contributed by atoms with Gasteiger partial charge < -0.3 is 5.11 Å². The fourth-order valence-corrected chi connectivity index (χ4v) is 2.58. The van der Waals surface area contributed by atoms with E-state index in [4.69, 9.17) is 0 Å². The van der Waals surface area contributed by atoms with E-state index in [0.29, 0.717) is 6.42 Å². The van der Waals surface area contributed by atoms with Crippen LogP contribution in [0, 0.1) is 11.7 Å². The molecule has 17 heavy (non-hydrogen) atoms. The Labute approximate surface area is 101 Å². The van der Waals surface area contributed by atoms with E-state index in [1.807, 2.05) is 13.8 Å². The molecule has 0 amide bonds. The third-order valence-corrected chi connectivity index (χ3v) is 3.49. The van der Waals surface area contributed by atoms with Gasteiger partial charge in [-0.15, -0.1) is 0 Å². The van der Waals surface area contributed by atoms with Crippen LogP contribution in [-0.2, 0) is 10.0 Å². The summed E-state index contributed by atoms with van der Waals surface area (Å²) < 4.78 is 38.3. The molecule has 1 rings (SSSR count). The van der Waals surface area contributed by atoms with Gasteiger partial charge in [0.1, 0.15) is 11.6 Å². The minimum Gasteiger partial charge on any atom is -0.506 e. The van der Waals surface area contributed by atoms with E-state index >= 15 is 0 Å². The van der Waals surface area contributed by atoms with Crippen LogP contribution >= 0.6 is 0 Å². The summed E-state index contributed by atoms with van der Waals surface area (Å²) in [5.74, 6) is -0.697. The number of nitrogens with one attached hydrogen (secondary N) is 1. The van der Waals surface area contributed by atoms with Gasteiger partial charge in [0.05, 0.1) is 11.4 Å². The number of halogens is 1. The maximum atomic E-state index is 12.9. The number of benzene rings is 1. The summed E-state index contributed by atoms with van der Waals surface area (Å²) in [5.41, 5.74) is -0.131. The van der Waals surface area contributed by atoms with Crippen molar-refractivity contribution in [2.45, 2.75) is 20.3 Å². The first-order valence-electron chi connectivity index (χ1n) is 5.29. The summed E-state index contributed by atoms with van der Waals surface area (Å²) >= 11 is 0. The molecule has 2 N–H and O–H groups in total. The number of aromatic hydroxyl groups is 1. The number of sulfonamides is 1. The SMILES string of the molecule is CC(C)CCS(=O)(=O)Nc1cc(F)ccc1O. The van der Waals surface area contributed by atoms with Crippen LogP contribution in [0.15, 0.2) is 18.2 Å². The number of anilines is 1. The molecule has 0 radical (unpaired) electrons. The summed E-state index contributed by atoms with van der Waals surface area (Å²) in [6.45, 7) is 3.82. The molecule has 0 bridgehead atoms. The van der Waals surface area contributed by atoms with Crippen molar-refractivity contribution in [3.8, 4) is 5.75 Å². The van der Waals surface area contributed by atoms with E-state index in [0.717, 1.165) is 18.2 Å². The molecule has 0 unspecified atom stereocenters. The average molecular weight is 261 g/mol. The molecule has 0 saturated carbocycles. The summed E-state index contributed by atoms with van der Waals surface area (Å²) in [4.78, 5) is 0. The normalized spacial score (nSPS) is 11.8. The summed E-state index contributed by atoms with van der Waals surface area (Å²) in [5, 5.41) is 9.38. The third kappa shape index (κ3) is 4.60. The fourth-order valence-electron chi connectivity index (χ4n) is 1.20. The number of phenols is 1. The second kappa shape index (κ2) is 5.35. The third-order valence-electron chi connectivity index (χ3n) is 2.19. The first-order chi connectivity index (χ1) is 7.80. The van der Waals surface area contributed by atoms with Crippen molar-refractivity contribution in [3.05, 3.63) is 24.0 Å². The van der Waals surface area contributed by atoms with Crippen molar-refractivity contribution < 1.29 is 17.9 Å². The highest BCUT2D eigenvalue weighted by Crippen LogP contribution is 2.24. The van der Waals surface area contributed by atoms with Gasteiger partial charge in [0.2, 0.25) is 10.0 Å². The van der Waals surface area contributed by atoms with Gasteiger partial charge in [-0.3, -0.25) is 4.72 Å². The lowest BCUT2D eigenvalue weighted by Gasteiger charge is -2.10. The molecule has 0 saturated heterocycles. The molecule has 0 fully saturated rings. The Balaban J connectivity index is 2.79. The molecule has 1 aromatic rings. The van der Waals surface area contributed by atoms with Gasteiger partial charge in [-0.25, -0.2) is 12.8 Å².